The summed E-state index contributed by atoms with van der Waals surface area (Å²) in [5, 5.41) is 34.0. The summed E-state index contributed by atoms with van der Waals surface area (Å²) < 4.78 is 0. The lowest BCUT2D eigenvalue weighted by Gasteiger charge is -2.23. The lowest BCUT2D eigenvalue weighted by Crippen LogP contribution is -2.37. The molecule has 2 heterocycles. The van der Waals surface area contributed by atoms with Crippen LogP contribution in [-0.2, 0) is 0 Å². The Morgan fingerprint density at radius 2 is 1.81 bits per heavy atom. The van der Waals surface area contributed by atoms with Crippen LogP contribution in [0.2, 0.25) is 0 Å². The second kappa shape index (κ2) is 9.07. The molecule has 0 bridgehead atoms. The van der Waals surface area contributed by atoms with Crippen molar-refractivity contribution in [2.45, 2.75) is 18.9 Å². The molecular weight excluding hydrogens is 272 g/mol. The van der Waals surface area contributed by atoms with Gasteiger partial charge in [-0.1, -0.05) is 6.07 Å². The molecule has 6 heteroatoms. The molecule has 2 rings (SSSR count). The predicted molar refractivity (Wildman–Crippen MR) is 79.6 cm³/mol. The summed E-state index contributed by atoms with van der Waals surface area (Å²) in [5.41, 5.74) is 0.248. The predicted octanol–water partition coefficient (Wildman–Crippen LogP) is -0.210. The van der Waals surface area contributed by atoms with E-state index in [0.717, 1.165) is 0 Å². The lowest BCUT2D eigenvalue weighted by atomic mass is 9.93. The van der Waals surface area contributed by atoms with Crippen LogP contribution in [-0.4, -0.2) is 70.3 Å². The number of likely N-dealkylation sites (tertiary alicyclic amines) is 1. The van der Waals surface area contributed by atoms with Crippen molar-refractivity contribution in [1.82, 2.24) is 9.88 Å². The third kappa shape index (κ3) is 5.01. The Labute approximate surface area is 125 Å². The first kappa shape index (κ1) is 18.0. The van der Waals surface area contributed by atoms with Crippen LogP contribution in [0.25, 0.3) is 0 Å². The molecule has 4 N–H and O–H groups in total. The minimum Gasteiger partial charge on any atom is -0.396 e. The van der Waals surface area contributed by atoms with E-state index in [1.54, 1.807) is 0 Å². The first-order chi connectivity index (χ1) is 10.1. The fraction of sp³-hybridized carbons (Fsp3) is 0.667. The maximum absolute atomic E-state index is 8.50. The van der Waals surface area contributed by atoms with Gasteiger partial charge in [-0.3, -0.25) is 9.88 Å². The molecule has 1 saturated heterocycles. The summed E-state index contributed by atoms with van der Waals surface area (Å²) in [6.45, 7) is -0.403. The molecule has 1 aliphatic rings. The maximum Gasteiger partial charge on any atom is 0.0627 e. The van der Waals surface area contributed by atoms with Crippen LogP contribution in [0.4, 0.5) is 0 Å². The van der Waals surface area contributed by atoms with Crippen LogP contribution in [0.15, 0.2) is 24.5 Å². The Balaban J connectivity index is 0.000000222. The lowest BCUT2D eigenvalue weighted by molar-refractivity contribution is -0.0328. The number of hydrogen-bond acceptors (Lipinski definition) is 6. The van der Waals surface area contributed by atoms with Gasteiger partial charge in [0.15, 0.2) is 0 Å². The van der Waals surface area contributed by atoms with Crippen LogP contribution in [0.1, 0.15) is 24.4 Å². The number of nitrogens with zero attached hydrogens (tertiary/aromatic N) is 2. The Hall–Kier alpha value is -1.05. The largest absolute Gasteiger partial charge is 0.396 e. The van der Waals surface area contributed by atoms with Crippen molar-refractivity contribution in [2.24, 2.45) is 5.41 Å². The van der Waals surface area contributed by atoms with Crippen molar-refractivity contribution in [3.63, 3.8) is 0 Å². The second-order valence-corrected chi connectivity index (χ2v) is 5.56. The highest BCUT2D eigenvalue weighted by Crippen LogP contribution is 2.29. The van der Waals surface area contributed by atoms with Crippen molar-refractivity contribution in [2.75, 3.05) is 40.0 Å². The van der Waals surface area contributed by atoms with E-state index in [2.05, 4.69) is 23.0 Å². The molecule has 0 amide bonds. The fourth-order valence-electron chi connectivity index (χ4n) is 2.20. The average molecular weight is 298 g/mol. The number of aliphatic hydroxyl groups is 4. The van der Waals surface area contributed by atoms with Gasteiger partial charge in [-0.05, 0) is 38.1 Å². The smallest absolute Gasteiger partial charge is 0.0627 e. The average Bonchev–Trinajstić information content (AvgIpc) is 2.98. The van der Waals surface area contributed by atoms with Gasteiger partial charge in [-0.25, -0.2) is 0 Å². The van der Waals surface area contributed by atoms with Gasteiger partial charge in [0.1, 0.15) is 0 Å². The SMILES string of the molecule is CN1CCCC1c1cccnc1.OCC(CO)(CO)CO. The van der Waals surface area contributed by atoms with E-state index in [4.69, 9.17) is 20.4 Å². The highest BCUT2D eigenvalue weighted by molar-refractivity contribution is 5.14. The number of rotatable bonds is 5. The zero-order valence-corrected chi connectivity index (χ0v) is 12.5. The highest BCUT2D eigenvalue weighted by atomic mass is 16.3. The molecule has 0 aliphatic carbocycles. The molecule has 6 nitrogen and oxygen atoms in total. The number of pyridine rings is 1. The van der Waals surface area contributed by atoms with Crippen molar-refractivity contribution in [1.29, 1.82) is 0 Å². The summed E-state index contributed by atoms with van der Waals surface area (Å²) in [5.74, 6) is 0. The third-order valence-electron chi connectivity index (χ3n) is 3.93. The molecule has 1 atom stereocenters. The fourth-order valence-corrected chi connectivity index (χ4v) is 2.20. The van der Waals surface area contributed by atoms with Crippen molar-refractivity contribution >= 4 is 0 Å². The molecule has 0 radical (unpaired) electrons. The zero-order valence-electron chi connectivity index (χ0n) is 12.5. The molecule has 120 valence electrons. The zero-order chi connectivity index (χ0) is 15.7. The summed E-state index contributed by atoms with van der Waals surface area (Å²) >= 11 is 0. The van der Waals surface area contributed by atoms with Crippen molar-refractivity contribution in [3.05, 3.63) is 30.1 Å². The Kier molecular flexibility index (Phi) is 7.77. The summed E-state index contributed by atoms with van der Waals surface area (Å²) in [7, 11) is 2.19. The van der Waals surface area contributed by atoms with Crippen LogP contribution >= 0.6 is 0 Å². The van der Waals surface area contributed by atoms with Crippen molar-refractivity contribution in [3.8, 4) is 0 Å². The van der Waals surface area contributed by atoms with E-state index >= 15 is 0 Å². The third-order valence-corrected chi connectivity index (χ3v) is 3.93. The molecule has 1 unspecified atom stereocenters. The second-order valence-electron chi connectivity index (χ2n) is 5.56. The molecule has 1 fully saturated rings. The van der Waals surface area contributed by atoms with E-state index in [1.807, 2.05) is 18.5 Å². The Morgan fingerprint density at radius 1 is 1.19 bits per heavy atom. The van der Waals surface area contributed by atoms with Gasteiger partial charge < -0.3 is 20.4 Å². The normalized spacial score (nSPS) is 19.2. The number of aliphatic hydroxyl groups excluding tert-OH is 4. The van der Waals surface area contributed by atoms with E-state index in [0.29, 0.717) is 6.04 Å². The van der Waals surface area contributed by atoms with Crippen LogP contribution in [0, 0.1) is 5.41 Å². The van der Waals surface area contributed by atoms with Crippen LogP contribution < -0.4 is 0 Å². The van der Waals surface area contributed by atoms with E-state index in [1.165, 1.54) is 24.9 Å². The molecule has 0 spiro atoms. The molecule has 0 saturated carbocycles. The highest BCUT2D eigenvalue weighted by Gasteiger charge is 2.26. The number of hydrogen-bond donors (Lipinski definition) is 4. The summed E-state index contributed by atoms with van der Waals surface area (Å²) in [6, 6.07) is 4.79. The molecule has 1 aromatic rings. The maximum atomic E-state index is 8.50. The van der Waals surface area contributed by atoms with Crippen molar-refractivity contribution < 1.29 is 20.4 Å². The topological polar surface area (TPSA) is 97.1 Å². The quantitative estimate of drug-likeness (QED) is 0.601. The van der Waals surface area contributed by atoms with Crippen LogP contribution in [0.3, 0.4) is 0 Å². The minimum absolute atomic E-state index is 0.406. The molecule has 1 aliphatic heterocycles. The van der Waals surface area contributed by atoms with E-state index in [-0.39, 0.29) is 0 Å². The molecule has 0 aromatic carbocycles. The summed E-state index contributed by atoms with van der Waals surface area (Å²) in [6.07, 6.45) is 6.41. The molecule has 21 heavy (non-hydrogen) atoms. The van der Waals surface area contributed by atoms with Gasteiger partial charge in [-0.2, -0.15) is 0 Å². The van der Waals surface area contributed by atoms with Gasteiger partial charge in [0, 0.05) is 18.4 Å². The molecular formula is C15H26N2O4. The Morgan fingerprint density at radius 3 is 2.14 bits per heavy atom. The molecule has 1 aromatic heterocycles. The van der Waals surface area contributed by atoms with Gasteiger partial charge in [0.25, 0.3) is 0 Å². The Bertz CT molecular complexity index is 367. The van der Waals surface area contributed by atoms with E-state index < -0.39 is 31.8 Å². The first-order valence-electron chi connectivity index (χ1n) is 7.16. The van der Waals surface area contributed by atoms with Gasteiger partial charge in [-0.15, -0.1) is 0 Å². The van der Waals surface area contributed by atoms with Gasteiger partial charge in [0.2, 0.25) is 0 Å². The van der Waals surface area contributed by atoms with E-state index in [9.17, 15) is 0 Å². The number of aromatic nitrogens is 1. The minimum atomic E-state index is -1.11. The monoisotopic (exact) mass is 298 g/mol. The van der Waals surface area contributed by atoms with Gasteiger partial charge in [0.05, 0.1) is 31.8 Å². The first-order valence-corrected chi connectivity index (χ1v) is 7.16. The van der Waals surface area contributed by atoms with Gasteiger partial charge >= 0.3 is 0 Å². The van der Waals surface area contributed by atoms with Crippen LogP contribution in [0.5, 0.6) is 0 Å². The summed E-state index contributed by atoms with van der Waals surface area (Å²) in [4.78, 5) is 6.54. The standard InChI is InChI=1S/C10H14N2.C5H12O4/c1-12-7-3-5-10(12)9-4-2-6-11-8-9;6-1-5(2-7,3-8)4-9/h2,4,6,8,10H,3,5,7H2,1H3;6-9H,1-4H2.